The number of rotatable bonds is 5. The van der Waals surface area contributed by atoms with Crippen LogP contribution in [0.1, 0.15) is 24.8 Å². The maximum atomic E-state index is 13.1. The van der Waals surface area contributed by atoms with Crippen LogP contribution < -0.4 is 5.32 Å². The molecule has 2 aliphatic heterocycles. The lowest BCUT2D eigenvalue weighted by Gasteiger charge is -2.25. The van der Waals surface area contributed by atoms with Crippen LogP contribution >= 0.6 is 0 Å². The number of amides is 2. The molecule has 1 fully saturated rings. The van der Waals surface area contributed by atoms with E-state index in [0.717, 1.165) is 17.7 Å². The fourth-order valence-electron chi connectivity index (χ4n) is 3.66. The van der Waals surface area contributed by atoms with Crippen molar-refractivity contribution in [3.8, 4) is 0 Å². The van der Waals surface area contributed by atoms with Crippen LogP contribution in [0.15, 0.2) is 59.7 Å². The van der Waals surface area contributed by atoms with Gasteiger partial charge in [0.15, 0.2) is 0 Å². The van der Waals surface area contributed by atoms with Crippen LogP contribution in [0.2, 0.25) is 0 Å². The molecule has 2 aliphatic rings. The van der Waals surface area contributed by atoms with Crippen LogP contribution in [-0.4, -0.2) is 46.6 Å². The molecule has 0 radical (unpaired) electrons. The molecule has 0 saturated carbocycles. The number of anilines is 1. The quantitative estimate of drug-likeness (QED) is 0.848. The lowest BCUT2D eigenvalue weighted by molar-refractivity contribution is -0.132. The molecule has 2 heterocycles. The van der Waals surface area contributed by atoms with E-state index in [-0.39, 0.29) is 36.6 Å². The Hall–Kier alpha value is -3.22. The predicted molar refractivity (Wildman–Crippen MR) is 109 cm³/mol. The van der Waals surface area contributed by atoms with Crippen LogP contribution in [-0.2, 0) is 16.1 Å². The molecule has 0 aliphatic carbocycles. The Morgan fingerprint density at radius 2 is 1.86 bits per heavy atom. The zero-order valence-corrected chi connectivity index (χ0v) is 16.1. The zero-order valence-electron chi connectivity index (χ0n) is 16.1. The van der Waals surface area contributed by atoms with E-state index in [1.165, 1.54) is 17.1 Å². The molecule has 1 unspecified atom stereocenters. The Labute approximate surface area is 169 Å². The van der Waals surface area contributed by atoms with Gasteiger partial charge in [-0.15, -0.1) is 0 Å². The number of carbonyl (C=O) groups is 2. The van der Waals surface area contributed by atoms with Crippen LogP contribution in [0, 0.1) is 5.82 Å². The molecule has 0 bridgehead atoms. The van der Waals surface area contributed by atoms with Crippen molar-refractivity contribution in [1.29, 1.82) is 0 Å². The number of hydrogen-bond donors (Lipinski definition) is 1. The van der Waals surface area contributed by atoms with E-state index in [2.05, 4.69) is 10.4 Å². The Morgan fingerprint density at radius 1 is 1.10 bits per heavy atom. The molecule has 2 aromatic rings. The van der Waals surface area contributed by atoms with E-state index in [9.17, 15) is 14.0 Å². The smallest absolute Gasteiger partial charge is 0.270 e. The molecule has 1 N–H and O–H groups in total. The summed E-state index contributed by atoms with van der Waals surface area (Å²) < 4.78 is 13.1. The zero-order chi connectivity index (χ0) is 20.2. The summed E-state index contributed by atoms with van der Waals surface area (Å²) in [6, 6.07) is 16.1. The summed E-state index contributed by atoms with van der Waals surface area (Å²) in [4.78, 5) is 26.9. The van der Waals surface area contributed by atoms with Crippen molar-refractivity contribution < 1.29 is 14.0 Å². The van der Waals surface area contributed by atoms with Gasteiger partial charge in [-0.3, -0.25) is 9.59 Å². The maximum absolute atomic E-state index is 13.1. The predicted octanol–water partition coefficient (Wildman–Crippen LogP) is 3.02. The Morgan fingerprint density at radius 3 is 2.62 bits per heavy atom. The van der Waals surface area contributed by atoms with Gasteiger partial charge >= 0.3 is 0 Å². The monoisotopic (exact) mass is 394 g/mol. The average Bonchev–Trinajstić information content (AvgIpc) is 3.20. The first-order valence-corrected chi connectivity index (χ1v) is 9.81. The standard InChI is InChI=1S/C22H23FN4O2/c23-17-8-6-16(7-9-17)14-27-21(28)11-10-20(25-27)22(29)26-13-12-19(15-26)24-18-4-2-1-3-5-18/h1-9,19,24H,10-15H2. The highest BCUT2D eigenvalue weighted by atomic mass is 19.1. The molecule has 150 valence electrons. The minimum Gasteiger partial charge on any atom is -0.380 e. The highest BCUT2D eigenvalue weighted by molar-refractivity contribution is 6.39. The van der Waals surface area contributed by atoms with Crippen LogP contribution in [0.4, 0.5) is 10.1 Å². The van der Waals surface area contributed by atoms with Crippen molar-refractivity contribution in [3.05, 3.63) is 66.0 Å². The van der Waals surface area contributed by atoms with Crippen molar-refractivity contribution >= 4 is 23.2 Å². The van der Waals surface area contributed by atoms with Gasteiger partial charge < -0.3 is 10.2 Å². The Kier molecular flexibility index (Phi) is 5.55. The minimum atomic E-state index is -0.328. The third kappa shape index (κ3) is 4.62. The average molecular weight is 394 g/mol. The minimum absolute atomic E-state index is 0.112. The third-order valence-electron chi connectivity index (χ3n) is 5.22. The Bertz CT molecular complexity index is 914. The number of benzene rings is 2. The fourth-order valence-corrected chi connectivity index (χ4v) is 3.66. The number of nitrogens with one attached hydrogen (secondary N) is 1. The first-order chi connectivity index (χ1) is 14.1. The van der Waals surface area contributed by atoms with E-state index in [1.54, 1.807) is 17.0 Å². The van der Waals surface area contributed by atoms with Crippen LogP contribution in [0.3, 0.4) is 0 Å². The number of hydrazone groups is 1. The van der Waals surface area contributed by atoms with Gasteiger partial charge in [-0.25, -0.2) is 9.40 Å². The van der Waals surface area contributed by atoms with Gasteiger partial charge in [0.25, 0.3) is 5.91 Å². The van der Waals surface area contributed by atoms with E-state index in [1.807, 2.05) is 30.3 Å². The highest BCUT2D eigenvalue weighted by Gasteiger charge is 2.32. The summed E-state index contributed by atoms with van der Waals surface area (Å²) in [5.74, 6) is -0.569. The maximum Gasteiger partial charge on any atom is 0.270 e. The number of likely N-dealkylation sites (tertiary alicyclic amines) is 1. The second-order valence-corrected chi connectivity index (χ2v) is 7.37. The van der Waals surface area contributed by atoms with Gasteiger partial charge in [0, 0.05) is 37.7 Å². The van der Waals surface area contributed by atoms with E-state index >= 15 is 0 Å². The molecule has 0 aromatic heterocycles. The van der Waals surface area contributed by atoms with Gasteiger partial charge in [-0.2, -0.15) is 5.10 Å². The van der Waals surface area contributed by atoms with Gasteiger partial charge in [0.05, 0.1) is 6.54 Å². The molecule has 6 nitrogen and oxygen atoms in total. The third-order valence-corrected chi connectivity index (χ3v) is 5.22. The van der Waals surface area contributed by atoms with Crippen molar-refractivity contribution in [1.82, 2.24) is 9.91 Å². The SMILES string of the molecule is O=C(C1=NN(Cc2ccc(F)cc2)C(=O)CC1)N1CCC(Nc2ccccc2)C1. The van der Waals surface area contributed by atoms with Crippen molar-refractivity contribution in [3.63, 3.8) is 0 Å². The van der Waals surface area contributed by atoms with Crippen molar-refractivity contribution in [2.24, 2.45) is 5.10 Å². The summed E-state index contributed by atoms with van der Waals surface area (Å²) in [7, 11) is 0. The van der Waals surface area contributed by atoms with Crippen LogP contribution in [0.25, 0.3) is 0 Å². The number of carbonyl (C=O) groups excluding carboxylic acids is 2. The first kappa shape index (κ1) is 19.1. The second-order valence-electron chi connectivity index (χ2n) is 7.37. The summed E-state index contributed by atoms with van der Waals surface area (Å²) in [5.41, 5.74) is 2.22. The first-order valence-electron chi connectivity index (χ1n) is 9.81. The highest BCUT2D eigenvalue weighted by Crippen LogP contribution is 2.19. The molecular formula is C22H23FN4O2. The van der Waals surface area contributed by atoms with E-state index in [0.29, 0.717) is 25.2 Å². The molecule has 7 heteroatoms. The molecule has 1 atom stereocenters. The number of para-hydroxylation sites is 1. The molecule has 2 amide bonds. The molecule has 1 saturated heterocycles. The molecule has 0 spiro atoms. The lowest BCUT2D eigenvalue weighted by Crippen LogP contribution is -2.41. The molecule has 2 aromatic carbocycles. The van der Waals surface area contributed by atoms with Gasteiger partial charge in [0.1, 0.15) is 11.5 Å². The molecular weight excluding hydrogens is 371 g/mol. The normalized spacial score (nSPS) is 19.3. The van der Waals surface area contributed by atoms with E-state index in [4.69, 9.17) is 0 Å². The summed E-state index contributed by atoms with van der Waals surface area (Å²) in [6.45, 7) is 1.50. The van der Waals surface area contributed by atoms with E-state index < -0.39 is 0 Å². The van der Waals surface area contributed by atoms with Gasteiger partial charge in [0.2, 0.25) is 5.91 Å². The van der Waals surface area contributed by atoms with Crippen molar-refractivity contribution in [2.75, 3.05) is 18.4 Å². The van der Waals surface area contributed by atoms with Gasteiger partial charge in [-0.1, -0.05) is 30.3 Å². The van der Waals surface area contributed by atoms with Crippen molar-refractivity contribution in [2.45, 2.75) is 31.8 Å². The van der Waals surface area contributed by atoms with Gasteiger partial charge in [-0.05, 0) is 36.2 Å². The number of hydrogen-bond acceptors (Lipinski definition) is 4. The lowest BCUT2D eigenvalue weighted by atomic mass is 10.1. The molecule has 4 rings (SSSR count). The second kappa shape index (κ2) is 8.43. The topological polar surface area (TPSA) is 65.0 Å². The Balaban J connectivity index is 1.39. The summed E-state index contributed by atoms with van der Waals surface area (Å²) >= 11 is 0. The number of nitrogens with zero attached hydrogens (tertiary/aromatic N) is 3. The summed E-state index contributed by atoms with van der Waals surface area (Å²) in [5, 5.41) is 9.10. The fraction of sp³-hybridized carbons (Fsp3) is 0.318. The van der Waals surface area contributed by atoms with Crippen LogP contribution in [0.5, 0.6) is 0 Å². The largest absolute Gasteiger partial charge is 0.380 e. The molecule has 29 heavy (non-hydrogen) atoms. The summed E-state index contributed by atoms with van der Waals surface area (Å²) in [6.07, 6.45) is 1.47. The number of halogens is 1.